The first-order chi connectivity index (χ1) is 9.47. The fourth-order valence-electron chi connectivity index (χ4n) is 2.07. The smallest absolute Gasteiger partial charge is 0.410 e. The van der Waals surface area contributed by atoms with Crippen molar-refractivity contribution in [3.8, 4) is 0 Å². The Morgan fingerprint density at radius 3 is 2.90 bits per heavy atom. The molecule has 7 nitrogen and oxygen atoms in total. The van der Waals surface area contributed by atoms with Crippen molar-refractivity contribution >= 4 is 30.5 Å². The highest BCUT2D eigenvalue weighted by Crippen LogP contribution is 2.25. The quantitative estimate of drug-likeness (QED) is 0.180. The zero-order valence-corrected chi connectivity index (χ0v) is 12.2. The number of amides is 2. The van der Waals surface area contributed by atoms with E-state index in [1.165, 1.54) is 17.9 Å². The minimum Gasteiger partial charge on any atom is -0.445 e. The Hall–Kier alpha value is -1.70. The van der Waals surface area contributed by atoms with E-state index in [4.69, 9.17) is 9.94 Å². The van der Waals surface area contributed by atoms with E-state index in [-0.39, 0.29) is 36.1 Å². The molecule has 0 bridgehead atoms. The van der Waals surface area contributed by atoms with Crippen LogP contribution < -0.4 is 5.32 Å². The molecular formula is C12H19N3O4S. The summed E-state index contributed by atoms with van der Waals surface area (Å²) < 4.78 is 5.00. The van der Waals surface area contributed by atoms with E-state index in [2.05, 4.69) is 29.7 Å². The highest BCUT2D eigenvalue weighted by molar-refractivity contribution is 7.81. The standard InChI is InChI=1S/C12H19N3O4S/c1-3-4-19-12(17)15-7-10(20)5-9(15)6-11(14-18)13-8(2)16/h3,9-10,18,20H,1,4-7H2,2H3,(H,13,14,16)/t9-,10-/m0/s1. The van der Waals surface area contributed by atoms with Gasteiger partial charge < -0.3 is 20.2 Å². The molecule has 0 radical (unpaired) electrons. The number of rotatable bonds is 4. The maximum atomic E-state index is 11.9. The molecule has 2 atom stereocenters. The highest BCUT2D eigenvalue weighted by atomic mass is 32.1. The topological polar surface area (TPSA) is 91.2 Å². The van der Waals surface area contributed by atoms with E-state index in [0.717, 1.165) is 0 Å². The number of likely N-dealkylation sites (tertiary alicyclic amines) is 1. The van der Waals surface area contributed by atoms with E-state index in [9.17, 15) is 9.59 Å². The second kappa shape index (κ2) is 7.78. The SMILES string of the molecule is C=CCOC(=O)N1C[C@@H](S)C[C@H]1C/C(=N/O)NC(C)=O. The third-order valence-corrected chi connectivity index (χ3v) is 3.20. The molecule has 1 aliphatic rings. The van der Waals surface area contributed by atoms with Crippen LogP contribution in [0.3, 0.4) is 0 Å². The molecule has 2 amide bonds. The predicted molar refractivity (Wildman–Crippen MR) is 77.1 cm³/mol. The van der Waals surface area contributed by atoms with Crippen LogP contribution in [-0.4, -0.2) is 52.4 Å². The molecule has 1 rings (SSSR count). The highest BCUT2D eigenvalue weighted by Gasteiger charge is 2.35. The fraction of sp³-hybridized carbons (Fsp3) is 0.583. The van der Waals surface area contributed by atoms with E-state index in [0.29, 0.717) is 13.0 Å². The van der Waals surface area contributed by atoms with Crippen LogP contribution in [-0.2, 0) is 9.53 Å². The molecule has 112 valence electrons. The molecule has 0 aromatic rings. The minimum absolute atomic E-state index is 0.0218. The van der Waals surface area contributed by atoms with Gasteiger partial charge in [0.15, 0.2) is 0 Å². The molecule has 0 aromatic carbocycles. The van der Waals surface area contributed by atoms with E-state index in [1.807, 2.05) is 0 Å². The molecule has 1 aliphatic heterocycles. The van der Waals surface area contributed by atoms with Crippen LogP contribution in [0.1, 0.15) is 19.8 Å². The van der Waals surface area contributed by atoms with E-state index in [1.54, 1.807) is 0 Å². The minimum atomic E-state index is -0.466. The van der Waals surface area contributed by atoms with Gasteiger partial charge in [0.25, 0.3) is 0 Å². The lowest BCUT2D eigenvalue weighted by Crippen LogP contribution is -2.40. The normalized spacial score (nSPS) is 22.5. The Morgan fingerprint density at radius 1 is 1.65 bits per heavy atom. The first-order valence-electron chi connectivity index (χ1n) is 6.18. The molecule has 20 heavy (non-hydrogen) atoms. The van der Waals surface area contributed by atoms with Crippen LogP contribution in [0, 0.1) is 0 Å². The Kier molecular flexibility index (Phi) is 6.37. The summed E-state index contributed by atoms with van der Waals surface area (Å²) in [4.78, 5) is 24.4. The second-order valence-corrected chi connectivity index (χ2v) is 5.22. The zero-order chi connectivity index (χ0) is 15.1. The first-order valence-corrected chi connectivity index (χ1v) is 6.70. The van der Waals surface area contributed by atoms with Crippen molar-refractivity contribution < 1.29 is 19.5 Å². The number of amidine groups is 1. The Morgan fingerprint density at radius 2 is 2.35 bits per heavy atom. The first kappa shape index (κ1) is 16.4. The number of oxime groups is 1. The number of thiol groups is 1. The second-order valence-electron chi connectivity index (χ2n) is 4.49. The summed E-state index contributed by atoms with van der Waals surface area (Å²) in [5.74, 6) is -0.217. The Labute approximate surface area is 123 Å². The molecule has 0 aromatic heterocycles. The number of nitrogens with zero attached hydrogens (tertiary/aromatic N) is 2. The van der Waals surface area contributed by atoms with Gasteiger partial charge in [0.2, 0.25) is 5.91 Å². The fourth-order valence-corrected chi connectivity index (χ4v) is 2.48. The van der Waals surface area contributed by atoms with Crippen molar-refractivity contribution in [1.82, 2.24) is 10.2 Å². The maximum Gasteiger partial charge on any atom is 0.410 e. The van der Waals surface area contributed by atoms with Crippen molar-refractivity contribution in [2.45, 2.75) is 31.1 Å². The van der Waals surface area contributed by atoms with Crippen LogP contribution >= 0.6 is 12.6 Å². The van der Waals surface area contributed by atoms with Gasteiger partial charge >= 0.3 is 6.09 Å². The van der Waals surface area contributed by atoms with Crippen molar-refractivity contribution in [3.05, 3.63) is 12.7 Å². The van der Waals surface area contributed by atoms with Gasteiger partial charge in [-0.15, -0.1) is 0 Å². The average Bonchev–Trinajstić information content (AvgIpc) is 2.75. The zero-order valence-electron chi connectivity index (χ0n) is 11.3. The number of ether oxygens (including phenoxy) is 1. The molecule has 0 aliphatic carbocycles. The molecule has 0 unspecified atom stereocenters. The van der Waals surface area contributed by atoms with Crippen LogP contribution in [0.5, 0.6) is 0 Å². The predicted octanol–water partition coefficient (Wildman–Crippen LogP) is 0.996. The summed E-state index contributed by atoms with van der Waals surface area (Å²) in [6.07, 6.45) is 1.88. The van der Waals surface area contributed by atoms with Gasteiger partial charge in [-0.25, -0.2) is 4.79 Å². The third kappa shape index (κ3) is 4.76. The van der Waals surface area contributed by atoms with Crippen LogP contribution in [0.2, 0.25) is 0 Å². The van der Waals surface area contributed by atoms with Gasteiger partial charge in [-0.1, -0.05) is 17.8 Å². The van der Waals surface area contributed by atoms with Crippen LogP contribution in [0.25, 0.3) is 0 Å². The van der Waals surface area contributed by atoms with Crippen molar-refractivity contribution in [2.24, 2.45) is 5.16 Å². The molecule has 2 N–H and O–H groups in total. The van der Waals surface area contributed by atoms with Crippen LogP contribution in [0.15, 0.2) is 17.8 Å². The Balaban J connectivity index is 2.67. The monoisotopic (exact) mass is 301 g/mol. The molecule has 1 heterocycles. The third-order valence-electron chi connectivity index (χ3n) is 2.82. The summed E-state index contributed by atoms with van der Waals surface area (Å²) in [6, 6.07) is -0.229. The molecule has 1 fully saturated rings. The van der Waals surface area contributed by atoms with Gasteiger partial charge in [-0.3, -0.25) is 4.79 Å². The molecule has 0 saturated carbocycles. The van der Waals surface area contributed by atoms with E-state index >= 15 is 0 Å². The van der Waals surface area contributed by atoms with Crippen LogP contribution in [0.4, 0.5) is 4.79 Å². The Bertz CT molecular complexity index is 414. The van der Waals surface area contributed by atoms with Gasteiger partial charge in [-0.2, -0.15) is 12.6 Å². The summed E-state index contributed by atoms with van der Waals surface area (Å²) in [5.41, 5.74) is 0. The lowest BCUT2D eigenvalue weighted by molar-refractivity contribution is -0.117. The summed E-state index contributed by atoms with van der Waals surface area (Å²) in [7, 11) is 0. The number of hydrogen-bond donors (Lipinski definition) is 3. The van der Waals surface area contributed by atoms with Crippen molar-refractivity contribution in [2.75, 3.05) is 13.2 Å². The molecule has 8 heteroatoms. The number of carbonyl (C=O) groups excluding carboxylic acids is 2. The number of hydrogen-bond acceptors (Lipinski definition) is 6. The summed E-state index contributed by atoms with van der Waals surface area (Å²) >= 11 is 4.36. The largest absolute Gasteiger partial charge is 0.445 e. The van der Waals surface area contributed by atoms with Gasteiger partial charge in [0.05, 0.1) is 0 Å². The summed E-state index contributed by atoms with van der Waals surface area (Å²) in [6.45, 7) is 5.37. The maximum absolute atomic E-state index is 11.9. The number of nitrogens with one attached hydrogen (secondary N) is 1. The lowest BCUT2D eigenvalue weighted by atomic mass is 10.1. The lowest BCUT2D eigenvalue weighted by Gasteiger charge is -2.23. The van der Waals surface area contributed by atoms with Gasteiger partial charge in [-0.05, 0) is 6.42 Å². The average molecular weight is 301 g/mol. The number of carbonyl (C=O) groups is 2. The molecular weight excluding hydrogens is 282 g/mol. The van der Waals surface area contributed by atoms with Gasteiger partial charge in [0, 0.05) is 31.2 Å². The molecule has 0 spiro atoms. The van der Waals surface area contributed by atoms with Crippen molar-refractivity contribution in [3.63, 3.8) is 0 Å². The van der Waals surface area contributed by atoms with Crippen molar-refractivity contribution in [1.29, 1.82) is 0 Å². The summed E-state index contributed by atoms with van der Waals surface area (Å²) in [5, 5.41) is 14.3. The molecule has 1 saturated heterocycles. The van der Waals surface area contributed by atoms with E-state index < -0.39 is 6.09 Å². The van der Waals surface area contributed by atoms with Gasteiger partial charge in [0.1, 0.15) is 12.4 Å².